The lowest BCUT2D eigenvalue weighted by Crippen LogP contribution is -2.29. The van der Waals surface area contributed by atoms with E-state index in [9.17, 15) is 21.6 Å². The van der Waals surface area contributed by atoms with Crippen molar-refractivity contribution in [2.45, 2.75) is 44.4 Å². The maximum absolute atomic E-state index is 13.1. The number of carbonyl (C=O) groups excluding carboxylic acids is 1. The minimum Gasteiger partial charge on any atom is -0.279 e. The predicted molar refractivity (Wildman–Crippen MR) is 113 cm³/mol. The molecule has 0 unspecified atom stereocenters. The number of hydrogen-bond donors (Lipinski definition) is 1. The van der Waals surface area contributed by atoms with E-state index in [0.717, 1.165) is 5.56 Å². The molecule has 2 aromatic carbocycles. The molecular formula is C20H24N2O5S2. The van der Waals surface area contributed by atoms with E-state index in [2.05, 4.69) is 4.72 Å². The number of aryl methyl sites for hydroxylation is 1. The molecule has 1 amide bonds. The average molecular weight is 437 g/mol. The molecule has 7 nitrogen and oxygen atoms in total. The molecule has 1 aliphatic heterocycles. The Balaban J connectivity index is 2.06. The van der Waals surface area contributed by atoms with E-state index in [4.69, 9.17) is 0 Å². The summed E-state index contributed by atoms with van der Waals surface area (Å²) in [5.74, 6) is -0.845. The summed E-state index contributed by atoms with van der Waals surface area (Å²) in [6.07, 6.45) is -0.116. The third-order valence-corrected chi connectivity index (χ3v) is 7.95. The van der Waals surface area contributed by atoms with Crippen molar-refractivity contribution in [3.63, 3.8) is 0 Å². The Kier molecular flexibility index (Phi) is 5.25. The van der Waals surface area contributed by atoms with Crippen LogP contribution >= 0.6 is 0 Å². The van der Waals surface area contributed by atoms with Gasteiger partial charge in [0.15, 0.2) is 0 Å². The van der Waals surface area contributed by atoms with Crippen LogP contribution in [-0.2, 0) is 30.3 Å². The van der Waals surface area contributed by atoms with Gasteiger partial charge in [0.1, 0.15) is 0 Å². The lowest BCUT2D eigenvalue weighted by molar-refractivity contribution is -0.116. The summed E-state index contributed by atoms with van der Waals surface area (Å²) in [4.78, 5) is 12.0. The molecule has 0 saturated carbocycles. The second-order valence-corrected chi connectivity index (χ2v) is 11.7. The molecule has 0 bridgehead atoms. The molecule has 3 rings (SSSR count). The maximum Gasteiger partial charge on any atom is 0.262 e. The quantitative estimate of drug-likeness (QED) is 0.793. The summed E-state index contributed by atoms with van der Waals surface area (Å²) < 4.78 is 54.0. The van der Waals surface area contributed by atoms with Crippen molar-refractivity contribution in [3.8, 4) is 0 Å². The molecule has 2 aromatic rings. The van der Waals surface area contributed by atoms with Crippen LogP contribution in [-0.4, -0.2) is 28.5 Å². The van der Waals surface area contributed by atoms with E-state index in [1.807, 2.05) is 32.9 Å². The normalized spacial score (nSPS) is 16.8. The SMILES string of the molecule is Cc1ccc(N2C(=O)CCS2(=O)=O)cc1S(=O)(=O)Nc1ccccc1C(C)(C)C. The van der Waals surface area contributed by atoms with Gasteiger partial charge in [0.2, 0.25) is 15.9 Å². The van der Waals surface area contributed by atoms with Crippen LogP contribution in [0.3, 0.4) is 0 Å². The third-order valence-electron chi connectivity index (χ3n) is 4.75. The number of nitrogens with zero attached hydrogens (tertiary/aromatic N) is 1. The molecule has 1 aliphatic rings. The van der Waals surface area contributed by atoms with Crippen LogP contribution < -0.4 is 9.03 Å². The second-order valence-electron chi connectivity index (χ2n) is 8.08. The average Bonchev–Trinajstić information content (AvgIpc) is 2.87. The zero-order valence-electron chi connectivity index (χ0n) is 16.8. The number of hydrogen-bond acceptors (Lipinski definition) is 5. The Morgan fingerprint density at radius 1 is 1.07 bits per heavy atom. The smallest absolute Gasteiger partial charge is 0.262 e. The molecule has 1 N–H and O–H groups in total. The Morgan fingerprint density at radius 3 is 2.31 bits per heavy atom. The Morgan fingerprint density at radius 2 is 1.72 bits per heavy atom. The first-order chi connectivity index (χ1) is 13.3. The minimum atomic E-state index is -4.02. The van der Waals surface area contributed by atoms with Crippen molar-refractivity contribution in [1.82, 2.24) is 0 Å². The lowest BCUT2D eigenvalue weighted by Gasteiger charge is -2.24. The van der Waals surface area contributed by atoms with E-state index >= 15 is 0 Å². The third kappa shape index (κ3) is 4.16. The first kappa shape index (κ1) is 21.3. The fourth-order valence-electron chi connectivity index (χ4n) is 3.30. The van der Waals surface area contributed by atoms with Gasteiger partial charge in [0, 0.05) is 6.42 Å². The first-order valence-corrected chi connectivity index (χ1v) is 12.2. The van der Waals surface area contributed by atoms with Gasteiger partial charge in [-0.1, -0.05) is 45.0 Å². The van der Waals surface area contributed by atoms with Crippen molar-refractivity contribution >= 4 is 37.3 Å². The highest BCUT2D eigenvalue weighted by Gasteiger charge is 2.37. The predicted octanol–water partition coefficient (Wildman–Crippen LogP) is 3.16. The molecule has 156 valence electrons. The van der Waals surface area contributed by atoms with Crippen molar-refractivity contribution in [2.75, 3.05) is 14.8 Å². The fourth-order valence-corrected chi connectivity index (χ4v) is 6.10. The molecule has 1 heterocycles. The molecule has 29 heavy (non-hydrogen) atoms. The molecule has 1 saturated heterocycles. The monoisotopic (exact) mass is 436 g/mol. The van der Waals surface area contributed by atoms with Crippen LogP contribution in [0.5, 0.6) is 0 Å². The van der Waals surface area contributed by atoms with Gasteiger partial charge in [0.25, 0.3) is 10.0 Å². The van der Waals surface area contributed by atoms with Crippen molar-refractivity contribution in [1.29, 1.82) is 0 Å². The van der Waals surface area contributed by atoms with Crippen LogP contribution in [0.2, 0.25) is 0 Å². The molecule has 0 aromatic heterocycles. The Bertz CT molecular complexity index is 1180. The summed E-state index contributed by atoms with van der Waals surface area (Å²) in [5, 5.41) is 0. The molecule has 0 atom stereocenters. The molecule has 9 heteroatoms. The summed E-state index contributed by atoms with van der Waals surface area (Å²) in [6, 6.07) is 11.3. The molecule has 0 spiro atoms. The van der Waals surface area contributed by atoms with Crippen molar-refractivity contribution in [2.24, 2.45) is 0 Å². The fraction of sp³-hybridized carbons (Fsp3) is 0.350. The number of rotatable bonds is 4. The minimum absolute atomic E-state index is 0.0302. The van der Waals surface area contributed by atoms with E-state index in [-0.39, 0.29) is 28.2 Å². The van der Waals surface area contributed by atoms with Gasteiger partial charge in [-0.3, -0.25) is 9.52 Å². The Labute approximate surface area is 171 Å². The van der Waals surface area contributed by atoms with E-state index in [1.165, 1.54) is 18.2 Å². The van der Waals surface area contributed by atoms with Gasteiger partial charge in [-0.2, -0.15) is 0 Å². The zero-order valence-corrected chi connectivity index (χ0v) is 18.4. The summed E-state index contributed by atoms with van der Waals surface area (Å²) in [6.45, 7) is 7.57. The van der Waals surface area contributed by atoms with E-state index < -0.39 is 26.0 Å². The van der Waals surface area contributed by atoms with E-state index in [0.29, 0.717) is 15.6 Å². The molecular weight excluding hydrogens is 412 g/mol. The largest absolute Gasteiger partial charge is 0.279 e. The highest BCUT2D eigenvalue weighted by molar-refractivity contribution is 7.94. The van der Waals surface area contributed by atoms with Crippen molar-refractivity contribution in [3.05, 3.63) is 53.6 Å². The first-order valence-electron chi connectivity index (χ1n) is 9.12. The van der Waals surface area contributed by atoms with Gasteiger partial charge in [-0.05, 0) is 41.7 Å². The number of carbonyl (C=O) groups is 1. The number of nitrogens with one attached hydrogen (secondary N) is 1. The van der Waals surface area contributed by atoms with Crippen LogP contribution in [0.15, 0.2) is 47.4 Å². The van der Waals surface area contributed by atoms with Gasteiger partial charge in [0.05, 0.1) is 22.0 Å². The van der Waals surface area contributed by atoms with Gasteiger partial charge >= 0.3 is 0 Å². The molecule has 0 radical (unpaired) electrons. The second kappa shape index (κ2) is 7.14. The van der Waals surface area contributed by atoms with Gasteiger partial charge < -0.3 is 0 Å². The molecule has 0 aliphatic carbocycles. The maximum atomic E-state index is 13.1. The number of benzene rings is 2. The summed E-state index contributed by atoms with van der Waals surface area (Å²) in [5.41, 5.74) is 1.47. The number of anilines is 2. The highest BCUT2D eigenvalue weighted by Crippen LogP contribution is 2.33. The number of para-hydroxylation sites is 1. The molecule has 1 fully saturated rings. The standard InChI is InChI=1S/C20H24N2O5S2/c1-14-9-10-15(22-19(23)11-12-28(22,24)25)13-18(14)29(26,27)21-17-8-6-5-7-16(17)20(2,3)4/h5-10,13,21H,11-12H2,1-4H3. The lowest BCUT2D eigenvalue weighted by atomic mass is 9.86. The number of amides is 1. The summed E-state index contributed by atoms with van der Waals surface area (Å²) in [7, 11) is -7.80. The van der Waals surface area contributed by atoms with Gasteiger partial charge in [-0.15, -0.1) is 0 Å². The Hall–Kier alpha value is -2.39. The number of sulfonamides is 2. The van der Waals surface area contributed by atoms with E-state index in [1.54, 1.807) is 19.1 Å². The van der Waals surface area contributed by atoms with Crippen LogP contribution in [0.25, 0.3) is 0 Å². The zero-order chi connectivity index (χ0) is 21.6. The van der Waals surface area contributed by atoms with Crippen LogP contribution in [0.4, 0.5) is 11.4 Å². The summed E-state index contributed by atoms with van der Waals surface area (Å²) >= 11 is 0. The topological polar surface area (TPSA) is 101 Å². The van der Waals surface area contributed by atoms with Crippen molar-refractivity contribution < 1.29 is 21.6 Å². The van der Waals surface area contributed by atoms with Gasteiger partial charge in [-0.25, -0.2) is 21.1 Å². The van der Waals surface area contributed by atoms with Crippen LogP contribution in [0.1, 0.15) is 38.3 Å². The highest BCUT2D eigenvalue weighted by atomic mass is 32.2. The van der Waals surface area contributed by atoms with Crippen LogP contribution in [0, 0.1) is 6.92 Å².